The Hall–Kier alpha value is -1.15. The van der Waals surface area contributed by atoms with Gasteiger partial charge in [0.25, 0.3) is 0 Å². The van der Waals surface area contributed by atoms with Gasteiger partial charge in [0.15, 0.2) is 0 Å². The molecule has 7 heteroatoms. The van der Waals surface area contributed by atoms with Crippen molar-refractivity contribution < 1.29 is 9.84 Å². The number of ether oxygens (including phenoxy) is 1. The van der Waals surface area contributed by atoms with E-state index in [1.54, 1.807) is 5.38 Å². The summed E-state index contributed by atoms with van der Waals surface area (Å²) in [5.74, 6) is 0.710. The largest absolute Gasteiger partial charge is 0.490 e. The topological polar surface area (TPSA) is 74.3 Å². The lowest BCUT2D eigenvalue weighted by Gasteiger charge is -2.14. The number of thiazole rings is 1. The molecule has 0 spiro atoms. The predicted molar refractivity (Wildman–Crippen MR) is 87.0 cm³/mol. The van der Waals surface area contributed by atoms with Gasteiger partial charge in [0.1, 0.15) is 18.5 Å². The lowest BCUT2D eigenvalue weighted by Crippen LogP contribution is -2.31. The minimum Gasteiger partial charge on any atom is -0.490 e. The minimum atomic E-state index is -0.622. The maximum absolute atomic E-state index is 11.0. The van der Waals surface area contributed by atoms with Crippen molar-refractivity contribution in [3.05, 3.63) is 49.0 Å². The Morgan fingerprint density at radius 3 is 3.00 bits per heavy atom. The van der Waals surface area contributed by atoms with E-state index in [0.717, 1.165) is 27.1 Å². The van der Waals surface area contributed by atoms with Crippen LogP contribution in [0.15, 0.2) is 32.8 Å². The molecule has 0 aliphatic carbocycles. The van der Waals surface area contributed by atoms with Crippen LogP contribution < -0.4 is 14.9 Å². The van der Waals surface area contributed by atoms with Crippen molar-refractivity contribution >= 4 is 27.3 Å². The van der Waals surface area contributed by atoms with E-state index in [1.165, 1.54) is 0 Å². The van der Waals surface area contributed by atoms with E-state index in [9.17, 15) is 9.90 Å². The molecule has 0 aliphatic rings. The molecule has 0 fully saturated rings. The van der Waals surface area contributed by atoms with Crippen LogP contribution in [0.25, 0.3) is 0 Å². The molecule has 0 amide bonds. The number of H-pyrrole nitrogens is 1. The summed E-state index contributed by atoms with van der Waals surface area (Å²) in [5.41, 5.74) is 1.96. The molecular formula is C14H17BrN2O3S. The van der Waals surface area contributed by atoms with Gasteiger partial charge in [-0.1, -0.05) is 17.4 Å². The van der Waals surface area contributed by atoms with Crippen LogP contribution in [0.1, 0.15) is 11.3 Å². The highest BCUT2D eigenvalue weighted by Crippen LogP contribution is 2.25. The van der Waals surface area contributed by atoms with Crippen molar-refractivity contribution in [2.24, 2.45) is 0 Å². The van der Waals surface area contributed by atoms with Crippen LogP contribution in [0.3, 0.4) is 0 Å². The fourth-order valence-corrected chi connectivity index (χ4v) is 2.93. The number of aliphatic hydroxyl groups excluding tert-OH is 1. The van der Waals surface area contributed by atoms with Crippen molar-refractivity contribution in [3.8, 4) is 5.75 Å². The number of aliphatic hydroxyl groups is 1. The highest BCUT2D eigenvalue weighted by molar-refractivity contribution is 9.10. The van der Waals surface area contributed by atoms with Gasteiger partial charge in [-0.25, -0.2) is 0 Å². The van der Waals surface area contributed by atoms with Crippen LogP contribution in [0.5, 0.6) is 5.75 Å². The summed E-state index contributed by atoms with van der Waals surface area (Å²) in [5, 5.41) is 14.7. The second-order valence-corrected chi connectivity index (χ2v) is 6.40. The van der Waals surface area contributed by atoms with Gasteiger partial charge in [-0.05, 0) is 40.5 Å². The molecular weight excluding hydrogens is 356 g/mol. The van der Waals surface area contributed by atoms with Crippen LogP contribution in [0, 0.1) is 6.92 Å². The molecule has 0 saturated carbocycles. The maximum Gasteiger partial charge on any atom is 0.304 e. The van der Waals surface area contributed by atoms with E-state index in [2.05, 4.69) is 26.2 Å². The van der Waals surface area contributed by atoms with E-state index >= 15 is 0 Å². The Labute approximate surface area is 135 Å². The lowest BCUT2D eigenvalue weighted by atomic mass is 10.2. The summed E-state index contributed by atoms with van der Waals surface area (Å²) < 4.78 is 6.44. The molecule has 1 atom stereocenters. The smallest absolute Gasteiger partial charge is 0.304 e. The lowest BCUT2D eigenvalue weighted by molar-refractivity contribution is 0.105. The molecule has 21 heavy (non-hydrogen) atoms. The van der Waals surface area contributed by atoms with Crippen molar-refractivity contribution in [2.75, 3.05) is 13.2 Å². The molecule has 0 radical (unpaired) electrons. The number of aryl methyl sites for hydroxylation is 1. The summed E-state index contributed by atoms with van der Waals surface area (Å²) in [6.07, 6.45) is -0.622. The van der Waals surface area contributed by atoms with Gasteiger partial charge in [0.05, 0.1) is 4.47 Å². The standard InChI is InChI=1S/C14H17BrN2O3S/c1-9-2-3-13(12(15)4-9)20-7-11(18)6-16-5-10-8-21-14(19)17-10/h2-4,8,11,16,18H,5-7H2,1H3,(H,17,19). The van der Waals surface area contributed by atoms with Gasteiger partial charge in [0.2, 0.25) is 0 Å². The number of hydrogen-bond donors (Lipinski definition) is 3. The normalized spacial score (nSPS) is 12.3. The first kappa shape index (κ1) is 16.2. The molecule has 2 rings (SSSR count). The Bertz CT molecular complexity index is 641. The molecule has 114 valence electrons. The summed E-state index contributed by atoms with van der Waals surface area (Å²) in [6.45, 7) is 3.11. The first-order valence-corrected chi connectivity index (χ1v) is 8.16. The third kappa shape index (κ3) is 5.28. The predicted octanol–water partition coefficient (Wildman–Crippen LogP) is 2.04. The zero-order chi connectivity index (χ0) is 15.2. The van der Waals surface area contributed by atoms with Crippen LogP contribution in [-0.2, 0) is 6.54 Å². The van der Waals surface area contributed by atoms with Gasteiger partial charge in [0, 0.05) is 24.2 Å². The molecule has 1 unspecified atom stereocenters. The molecule has 0 bridgehead atoms. The van der Waals surface area contributed by atoms with E-state index in [4.69, 9.17) is 4.74 Å². The molecule has 1 heterocycles. The number of nitrogens with one attached hydrogen (secondary N) is 2. The average Bonchev–Trinajstić information content (AvgIpc) is 2.83. The Balaban J connectivity index is 1.72. The van der Waals surface area contributed by atoms with Gasteiger partial charge in [-0.3, -0.25) is 4.79 Å². The number of aromatic nitrogens is 1. The second-order valence-electron chi connectivity index (χ2n) is 4.70. The average molecular weight is 373 g/mol. The molecule has 0 aliphatic heterocycles. The maximum atomic E-state index is 11.0. The van der Waals surface area contributed by atoms with Crippen LogP contribution in [0.2, 0.25) is 0 Å². The third-order valence-electron chi connectivity index (χ3n) is 2.78. The molecule has 0 saturated heterocycles. The van der Waals surface area contributed by atoms with E-state index in [-0.39, 0.29) is 11.5 Å². The Kier molecular flexibility index (Phi) is 5.98. The first-order valence-electron chi connectivity index (χ1n) is 6.49. The zero-order valence-electron chi connectivity index (χ0n) is 11.6. The van der Waals surface area contributed by atoms with Crippen molar-refractivity contribution in [1.82, 2.24) is 10.3 Å². The first-order chi connectivity index (χ1) is 10.0. The number of hydrogen-bond acceptors (Lipinski definition) is 5. The quantitative estimate of drug-likeness (QED) is 0.695. The molecule has 3 N–H and O–H groups in total. The summed E-state index contributed by atoms with van der Waals surface area (Å²) in [6, 6.07) is 5.79. The molecule has 5 nitrogen and oxygen atoms in total. The minimum absolute atomic E-state index is 0.0695. The van der Waals surface area contributed by atoms with E-state index in [0.29, 0.717) is 18.8 Å². The van der Waals surface area contributed by atoms with Gasteiger partial charge in [-0.15, -0.1) is 0 Å². The van der Waals surface area contributed by atoms with E-state index < -0.39 is 6.10 Å². The number of rotatable bonds is 7. The number of halogens is 1. The highest BCUT2D eigenvalue weighted by atomic mass is 79.9. The van der Waals surface area contributed by atoms with Crippen molar-refractivity contribution in [1.29, 1.82) is 0 Å². The summed E-state index contributed by atoms with van der Waals surface area (Å²) in [4.78, 5) is 13.6. The fourth-order valence-electron chi connectivity index (χ4n) is 1.74. The van der Waals surface area contributed by atoms with Gasteiger partial charge < -0.3 is 20.1 Å². The van der Waals surface area contributed by atoms with Crippen LogP contribution in [0.4, 0.5) is 0 Å². The monoisotopic (exact) mass is 372 g/mol. The summed E-state index contributed by atoms with van der Waals surface area (Å²) >= 11 is 4.56. The van der Waals surface area contributed by atoms with Crippen LogP contribution >= 0.6 is 27.3 Å². The molecule has 2 aromatic rings. The van der Waals surface area contributed by atoms with Gasteiger partial charge in [-0.2, -0.15) is 0 Å². The van der Waals surface area contributed by atoms with Crippen LogP contribution in [-0.4, -0.2) is 29.3 Å². The van der Waals surface area contributed by atoms with Crippen molar-refractivity contribution in [2.45, 2.75) is 19.6 Å². The third-order valence-corrected chi connectivity index (χ3v) is 4.12. The number of aromatic amines is 1. The van der Waals surface area contributed by atoms with Gasteiger partial charge >= 0.3 is 4.87 Å². The Morgan fingerprint density at radius 2 is 2.33 bits per heavy atom. The SMILES string of the molecule is Cc1ccc(OCC(O)CNCc2csc(=O)[nH]2)c(Br)c1. The highest BCUT2D eigenvalue weighted by Gasteiger charge is 2.07. The summed E-state index contributed by atoms with van der Waals surface area (Å²) in [7, 11) is 0. The van der Waals surface area contributed by atoms with E-state index in [1.807, 2.05) is 25.1 Å². The Morgan fingerprint density at radius 1 is 1.52 bits per heavy atom. The fraction of sp³-hybridized carbons (Fsp3) is 0.357. The second kappa shape index (κ2) is 7.74. The molecule has 1 aromatic carbocycles. The zero-order valence-corrected chi connectivity index (χ0v) is 14.0. The number of benzene rings is 1. The van der Waals surface area contributed by atoms with Crippen molar-refractivity contribution in [3.63, 3.8) is 0 Å². The molecule has 1 aromatic heterocycles.